The molecule has 15 rings (SSSR count). The van der Waals surface area contributed by atoms with E-state index in [0.29, 0.717) is 29.6 Å². The highest BCUT2D eigenvalue weighted by Crippen LogP contribution is 2.77. The van der Waals surface area contributed by atoms with Crippen molar-refractivity contribution in [1.82, 2.24) is 0 Å². The van der Waals surface area contributed by atoms with Crippen LogP contribution in [-0.2, 0) is 0 Å². The van der Waals surface area contributed by atoms with Crippen molar-refractivity contribution in [3.05, 3.63) is 216 Å². The van der Waals surface area contributed by atoms with Gasteiger partial charge in [-0.3, -0.25) is 0 Å². The molecule has 10 aliphatic carbocycles. The largest absolute Gasteiger partial charge is 0.0845 e. The highest BCUT2D eigenvalue weighted by atomic mass is 14.7. The SMILES string of the molecule is CC1CC2C3C=CC(c4ccccc4-c4ccccc4)CC3C3CC4C(c5ccccc5)C5C6CC(C)CC7C8CC(C9=CC=CCC9c9ccccc9)C=CC8CC(C76)C5C(c5ccccc5)C4C(C1)C23. The summed E-state index contributed by atoms with van der Waals surface area (Å²) in [5.41, 5.74) is 11.0. The standard InChI is InChI=1S/C72H78/c1-43-35-59-56-34-33-50(55-30-18-16-28-53(55)46-21-9-4-10-22-46)40-58(56)61-42-65-66(47-23-11-5-12-24-47)71-63-38-44(2)36-60-57-39-49(54-29-17-15-27-52(54)45-19-7-3-8-20-45)31-32-51(57)41-64(69(60)63)72(71)67(48-25-13-6-14-26-48)70(65)62(37-43)68(59)61/h3-26,28-34,43-44,49-52,56-72H,27,35-42H2,1-2H3. The second kappa shape index (κ2) is 17.9. The monoisotopic (exact) mass is 943 g/mol. The molecule has 366 valence electrons. The van der Waals surface area contributed by atoms with Crippen LogP contribution in [0.2, 0.25) is 0 Å². The van der Waals surface area contributed by atoms with Gasteiger partial charge in [-0.2, -0.15) is 0 Å². The lowest BCUT2D eigenvalue weighted by molar-refractivity contribution is -0.0939. The summed E-state index contributed by atoms with van der Waals surface area (Å²) in [6.07, 6.45) is 31.0. The molecule has 0 amide bonds. The average molecular weight is 943 g/mol. The van der Waals surface area contributed by atoms with Gasteiger partial charge in [-0.05, 0) is 215 Å². The topological polar surface area (TPSA) is 0 Å². The van der Waals surface area contributed by atoms with Crippen molar-refractivity contribution in [2.45, 2.75) is 95.3 Å². The fourth-order valence-corrected chi connectivity index (χ4v) is 21.7. The molecule has 23 unspecified atom stereocenters. The molecule has 0 N–H and O–H groups in total. The molecule has 0 aromatic heterocycles. The predicted molar refractivity (Wildman–Crippen MR) is 297 cm³/mol. The molecule has 0 heteroatoms. The molecule has 0 nitrogen and oxygen atoms in total. The third-order valence-corrected chi connectivity index (χ3v) is 23.4. The van der Waals surface area contributed by atoms with E-state index in [1.165, 1.54) is 68.1 Å². The van der Waals surface area contributed by atoms with Gasteiger partial charge in [0, 0.05) is 11.8 Å². The molecule has 72 heavy (non-hydrogen) atoms. The molecule has 5 aromatic rings. The first kappa shape index (κ1) is 44.5. The molecule has 0 aliphatic heterocycles. The van der Waals surface area contributed by atoms with Crippen LogP contribution in [0.15, 0.2) is 194 Å². The lowest BCUT2D eigenvalue weighted by Crippen LogP contribution is -2.55. The third-order valence-electron chi connectivity index (χ3n) is 23.4. The van der Waals surface area contributed by atoms with Gasteiger partial charge in [0.1, 0.15) is 0 Å². The smallest absolute Gasteiger partial charge is 0.00917 e. The number of rotatable bonds is 6. The van der Waals surface area contributed by atoms with E-state index in [1.54, 1.807) is 22.3 Å². The van der Waals surface area contributed by atoms with Gasteiger partial charge in [-0.15, -0.1) is 0 Å². The van der Waals surface area contributed by atoms with Crippen LogP contribution < -0.4 is 0 Å². The molecule has 7 saturated carbocycles. The average Bonchev–Trinajstić information content (AvgIpc) is 3.92. The first-order chi connectivity index (χ1) is 35.6. The number of hydrogen-bond donors (Lipinski definition) is 0. The maximum atomic E-state index is 2.84. The van der Waals surface area contributed by atoms with Crippen molar-refractivity contribution in [2.24, 2.45) is 112 Å². The number of benzene rings is 5. The van der Waals surface area contributed by atoms with Gasteiger partial charge in [0.15, 0.2) is 0 Å². The molecule has 5 aromatic carbocycles. The Kier molecular flexibility index (Phi) is 11.1. The number of hydrogen-bond acceptors (Lipinski definition) is 0. The Balaban J connectivity index is 0.836. The third kappa shape index (κ3) is 7.02. The molecule has 0 saturated heterocycles. The van der Waals surface area contributed by atoms with Gasteiger partial charge < -0.3 is 0 Å². The summed E-state index contributed by atoms with van der Waals surface area (Å²) in [6.45, 7) is 5.39. The van der Waals surface area contributed by atoms with E-state index < -0.39 is 0 Å². The molecule has 0 bridgehead atoms. The van der Waals surface area contributed by atoms with E-state index in [-0.39, 0.29) is 0 Å². The maximum Gasteiger partial charge on any atom is 0.00917 e. The summed E-state index contributed by atoms with van der Waals surface area (Å²) in [6, 6.07) is 57.2. The van der Waals surface area contributed by atoms with Gasteiger partial charge in [0.05, 0.1) is 0 Å². The Morgan fingerprint density at radius 2 is 0.931 bits per heavy atom. The maximum absolute atomic E-state index is 2.84. The minimum Gasteiger partial charge on any atom is -0.0845 e. The Morgan fingerprint density at radius 3 is 1.68 bits per heavy atom. The summed E-state index contributed by atoms with van der Waals surface area (Å²) in [4.78, 5) is 0. The van der Waals surface area contributed by atoms with Crippen LogP contribution in [0.4, 0.5) is 0 Å². The van der Waals surface area contributed by atoms with Crippen molar-refractivity contribution in [1.29, 1.82) is 0 Å². The molecule has 10 aliphatic rings. The zero-order valence-corrected chi connectivity index (χ0v) is 43.0. The zero-order chi connectivity index (χ0) is 47.6. The van der Waals surface area contributed by atoms with E-state index >= 15 is 0 Å². The molecule has 23 atom stereocenters. The normalized spacial score (nSPS) is 43.8. The van der Waals surface area contributed by atoms with Crippen LogP contribution in [0.25, 0.3) is 11.1 Å². The molecule has 7 fully saturated rings. The highest BCUT2D eigenvalue weighted by molar-refractivity contribution is 5.68. The molecule has 0 spiro atoms. The van der Waals surface area contributed by atoms with Crippen LogP contribution in [0.1, 0.15) is 118 Å². The lowest BCUT2D eigenvalue weighted by atomic mass is 9.42. The molecule has 0 radical (unpaired) electrons. The molecule has 0 heterocycles. The number of fused-ring (bicyclic) bond motifs is 10. The van der Waals surface area contributed by atoms with Crippen LogP contribution in [0.3, 0.4) is 0 Å². The van der Waals surface area contributed by atoms with Gasteiger partial charge in [-0.25, -0.2) is 0 Å². The van der Waals surface area contributed by atoms with Crippen molar-refractivity contribution in [2.75, 3.05) is 0 Å². The second-order valence-electron chi connectivity index (χ2n) is 26.3. The second-order valence-corrected chi connectivity index (χ2v) is 26.3. The van der Waals surface area contributed by atoms with Crippen LogP contribution in [0, 0.1) is 112 Å². The summed E-state index contributed by atoms with van der Waals surface area (Å²) >= 11 is 0. The van der Waals surface area contributed by atoms with Gasteiger partial charge in [0.25, 0.3) is 0 Å². The van der Waals surface area contributed by atoms with Crippen molar-refractivity contribution >= 4 is 0 Å². The van der Waals surface area contributed by atoms with E-state index in [0.717, 1.165) is 113 Å². The Bertz CT molecular complexity index is 2870. The van der Waals surface area contributed by atoms with Crippen LogP contribution >= 0.6 is 0 Å². The van der Waals surface area contributed by atoms with Crippen molar-refractivity contribution < 1.29 is 0 Å². The van der Waals surface area contributed by atoms with Crippen molar-refractivity contribution in [3.8, 4) is 11.1 Å². The van der Waals surface area contributed by atoms with Gasteiger partial charge in [0.2, 0.25) is 0 Å². The fourth-order valence-electron chi connectivity index (χ4n) is 21.7. The van der Waals surface area contributed by atoms with Crippen LogP contribution in [0.5, 0.6) is 0 Å². The van der Waals surface area contributed by atoms with Crippen molar-refractivity contribution in [3.63, 3.8) is 0 Å². The highest BCUT2D eigenvalue weighted by Gasteiger charge is 2.70. The fraction of sp³-hybridized carbons (Fsp3) is 0.472. The summed E-state index contributed by atoms with van der Waals surface area (Å²) in [5, 5.41) is 0. The van der Waals surface area contributed by atoms with Gasteiger partial charge >= 0.3 is 0 Å². The van der Waals surface area contributed by atoms with Crippen LogP contribution in [-0.4, -0.2) is 0 Å². The minimum absolute atomic E-state index is 0.486. The predicted octanol–water partition coefficient (Wildman–Crippen LogP) is 17.8. The van der Waals surface area contributed by atoms with E-state index in [4.69, 9.17) is 0 Å². The summed E-state index contributed by atoms with van der Waals surface area (Å²) in [7, 11) is 0. The summed E-state index contributed by atoms with van der Waals surface area (Å²) < 4.78 is 0. The van der Waals surface area contributed by atoms with Gasteiger partial charge in [-0.1, -0.05) is 208 Å². The Labute approximate surface area is 432 Å². The first-order valence-electron chi connectivity index (χ1n) is 29.6. The Morgan fingerprint density at radius 1 is 0.375 bits per heavy atom. The van der Waals surface area contributed by atoms with E-state index in [2.05, 4.69) is 202 Å². The minimum atomic E-state index is 0.486. The Hall–Kier alpha value is -4.94. The quantitative estimate of drug-likeness (QED) is 0.149. The summed E-state index contributed by atoms with van der Waals surface area (Å²) in [5.74, 6) is 17.2. The van der Waals surface area contributed by atoms with E-state index in [9.17, 15) is 0 Å². The molecular weight excluding hydrogens is 865 g/mol. The van der Waals surface area contributed by atoms with E-state index in [1.807, 2.05) is 0 Å². The number of allylic oxidation sites excluding steroid dienone is 8. The molecular formula is C72H78. The first-order valence-corrected chi connectivity index (χ1v) is 29.6. The zero-order valence-electron chi connectivity index (χ0n) is 43.0. The lowest BCUT2D eigenvalue weighted by Gasteiger charge is -2.62.